The van der Waals surface area contributed by atoms with E-state index in [-0.39, 0.29) is 18.4 Å². The molecule has 142 valence electrons. The molecule has 0 saturated heterocycles. The van der Waals surface area contributed by atoms with Gasteiger partial charge in [0.2, 0.25) is 5.91 Å². The zero-order chi connectivity index (χ0) is 19.9. The van der Waals surface area contributed by atoms with Crippen LogP contribution in [0.2, 0.25) is 0 Å². The number of rotatable bonds is 6. The molecule has 0 aromatic heterocycles. The fourth-order valence-electron chi connectivity index (χ4n) is 2.63. The molecule has 0 aliphatic rings. The highest BCUT2D eigenvalue weighted by molar-refractivity contribution is 5.99. The second-order valence-electron chi connectivity index (χ2n) is 6.51. The first-order chi connectivity index (χ1) is 13.5. The van der Waals surface area contributed by atoms with E-state index in [9.17, 15) is 9.59 Å². The SMILES string of the molecule is Cc1ccc(C(=O)NCC(=O)Nc2ccccc2Oc2cccc(C)c2)cc1. The van der Waals surface area contributed by atoms with Crippen molar-refractivity contribution in [2.75, 3.05) is 11.9 Å². The number of hydrogen-bond donors (Lipinski definition) is 2. The number of benzene rings is 3. The van der Waals surface area contributed by atoms with Gasteiger partial charge in [-0.3, -0.25) is 9.59 Å². The van der Waals surface area contributed by atoms with E-state index < -0.39 is 0 Å². The summed E-state index contributed by atoms with van der Waals surface area (Å²) in [5.74, 6) is 0.598. The van der Waals surface area contributed by atoms with Crippen LogP contribution in [0.25, 0.3) is 0 Å². The van der Waals surface area contributed by atoms with Crippen LogP contribution in [0.3, 0.4) is 0 Å². The van der Waals surface area contributed by atoms with Crippen LogP contribution in [0, 0.1) is 13.8 Å². The first-order valence-electron chi connectivity index (χ1n) is 8.99. The van der Waals surface area contributed by atoms with Crippen LogP contribution in [0.5, 0.6) is 11.5 Å². The lowest BCUT2D eigenvalue weighted by atomic mass is 10.1. The largest absolute Gasteiger partial charge is 0.455 e. The molecule has 3 aromatic carbocycles. The Morgan fingerprint density at radius 3 is 2.36 bits per heavy atom. The molecule has 0 radical (unpaired) electrons. The summed E-state index contributed by atoms with van der Waals surface area (Å²) < 4.78 is 5.90. The van der Waals surface area contributed by atoms with E-state index in [2.05, 4.69) is 10.6 Å². The minimum absolute atomic E-state index is 0.133. The number of aryl methyl sites for hydroxylation is 2. The third kappa shape index (κ3) is 5.20. The summed E-state index contributed by atoms with van der Waals surface area (Å²) in [6.45, 7) is 3.80. The molecule has 5 nitrogen and oxygen atoms in total. The highest BCUT2D eigenvalue weighted by atomic mass is 16.5. The van der Waals surface area contributed by atoms with Gasteiger partial charge in [-0.25, -0.2) is 0 Å². The zero-order valence-electron chi connectivity index (χ0n) is 15.9. The first kappa shape index (κ1) is 19.2. The standard InChI is InChI=1S/C23H22N2O3/c1-16-10-12-18(13-11-16)23(27)24-15-22(26)25-20-8-3-4-9-21(20)28-19-7-5-6-17(2)14-19/h3-14H,15H2,1-2H3,(H,24,27)(H,25,26). The highest BCUT2D eigenvalue weighted by Gasteiger charge is 2.11. The molecule has 0 unspecified atom stereocenters. The average molecular weight is 374 g/mol. The summed E-state index contributed by atoms with van der Waals surface area (Å²) in [4.78, 5) is 24.4. The summed E-state index contributed by atoms with van der Waals surface area (Å²) in [5, 5.41) is 5.41. The Morgan fingerprint density at radius 1 is 0.857 bits per heavy atom. The number of hydrogen-bond acceptors (Lipinski definition) is 3. The van der Waals surface area contributed by atoms with E-state index in [1.165, 1.54) is 0 Å². The second kappa shape index (κ2) is 8.86. The van der Waals surface area contributed by atoms with Gasteiger partial charge in [0.15, 0.2) is 5.75 Å². The molecule has 3 aromatic rings. The smallest absolute Gasteiger partial charge is 0.251 e. The van der Waals surface area contributed by atoms with Crippen LogP contribution < -0.4 is 15.4 Å². The normalized spacial score (nSPS) is 10.2. The van der Waals surface area contributed by atoms with E-state index in [1.807, 2.05) is 62.4 Å². The Morgan fingerprint density at radius 2 is 1.61 bits per heavy atom. The third-order valence-corrected chi connectivity index (χ3v) is 4.10. The molecule has 0 aliphatic heterocycles. The van der Waals surface area contributed by atoms with E-state index in [1.54, 1.807) is 24.3 Å². The average Bonchev–Trinajstić information content (AvgIpc) is 2.68. The van der Waals surface area contributed by atoms with Crippen LogP contribution in [0.15, 0.2) is 72.8 Å². The molecule has 0 atom stereocenters. The molecule has 5 heteroatoms. The van der Waals surface area contributed by atoms with Crippen molar-refractivity contribution in [1.82, 2.24) is 5.32 Å². The topological polar surface area (TPSA) is 67.4 Å². The van der Waals surface area contributed by atoms with E-state index in [0.29, 0.717) is 22.7 Å². The van der Waals surface area contributed by atoms with Gasteiger partial charge in [-0.2, -0.15) is 0 Å². The number of nitrogens with one attached hydrogen (secondary N) is 2. The first-order valence-corrected chi connectivity index (χ1v) is 8.99. The molecule has 0 heterocycles. The van der Waals surface area contributed by atoms with Crippen molar-refractivity contribution in [3.63, 3.8) is 0 Å². The van der Waals surface area contributed by atoms with Crippen molar-refractivity contribution < 1.29 is 14.3 Å². The van der Waals surface area contributed by atoms with Crippen LogP contribution in [0.1, 0.15) is 21.5 Å². The minimum atomic E-state index is -0.333. The number of carbonyl (C=O) groups is 2. The van der Waals surface area contributed by atoms with Crippen molar-refractivity contribution in [1.29, 1.82) is 0 Å². The zero-order valence-corrected chi connectivity index (χ0v) is 15.9. The summed E-state index contributed by atoms with van der Waals surface area (Å²) in [5.41, 5.74) is 3.21. The number of anilines is 1. The fourth-order valence-corrected chi connectivity index (χ4v) is 2.63. The van der Waals surface area contributed by atoms with Gasteiger partial charge in [0.05, 0.1) is 12.2 Å². The van der Waals surface area contributed by atoms with Crippen molar-refractivity contribution in [3.8, 4) is 11.5 Å². The number of carbonyl (C=O) groups excluding carboxylic acids is 2. The van der Waals surface area contributed by atoms with Crippen molar-refractivity contribution in [2.45, 2.75) is 13.8 Å². The molecule has 0 fully saturated rings. The van der Waals surface area contributed by atoms with Gasteiger partial charge in [-0.1, -0.05) is 42.0 Å². The maximum absolute atomic E-state index is 12.3. The summed E-state index contributed by atoms with van der Waals surface area (Å²) in [7, 11) is 0. The molecule has 2 N–H and O–H groups in total. The molecule has 0 saturated carbocycles. The van der Waals surface area contributed by atoms with Crippen molar-refractivity contribution in [3.05, 3.63) is 89.5 Å². The molecule has 0 bridgehead atoms. The van der Waals surface area contributed by atoms with Gasteiger partial charge in [0, 0.05) is 5.56 Å². The Labute approximate surface area is 164 Å². The van der Waals surface area contributed by atoms with Crippen molar-refractivity contribution >= 4 is 17.5 Å². The van der Waals surface area contributed by atoms with Crippen LogP contribution in [-0.4, -0.2) is 18.4 Å². The van der Waals surface area contributed by atoms with Crippen LogP contribution in [-0.2, 0) is 4.79 Å². The lowest BCUT2D eigenvalue weighted by Crippen LogP contribution is -2.32. The van der Waals surface area contributed by atoms with Crippen molar-refractivity contribution in [2.24, 2.45) is 0 Å². The Bertz CT molecular complexity index is 981. The summed E-state index contributed by atoms with van der Waals surface area (Å²) >= 11 is 0. The predicted octanol–water partition coefficient (Wildman–Crippen LogP) is 4.46. The molecular weight excluding hydrogens is 352 g/mol. The highest BCUT2D eigenvalue weighted by Crippen LogP contribution is 2.29. The van der Waals surface area contributed by atoms with Crippen LogP contribution in [0.4, 0.5) is 5.69 Å². The second-order valence-corrected chi connectivity index (χ2v) is 6.51. The maximum atomic E-state index is 12.3. The van der Waals surface area contributed by atoms with E-state index in [4.69, 9.17) is 4.74 Å². The van der Waals surface area contributed by atoms with Gasteiger partial charge < -0.3 is 15.4 Å². The van der Waals surface area contributed by atoms with Gasteiger partial charge in [0.25, 0.3) is 5.91 Å². The summed E-state index contributed by atoms with van der Waals surface area (Å²) in [6, 6.07) is 22.0. The number of para-hydroxylation sites is 2. The van der Waals surface area contributed by atoms with E-state index >= 15 is 0 Å². The predicted molar refractivity (Wildman–Crippen MR) is 110 cm³/mol. The molecule has 2 amide bonds. The van der Waals surface area contributed by atoms with Gasteiger partial charge >= 0.3 is 0 Å². The van der Waals surface area contributed by atoms with Gasteiger partial charge in [-0.05, 0) is 55.8 Å². The molecule has 3 rings (SSSR count). The summed E-state index contributed by atoms with van der Waals surface area (Å²) in [6.07, 6.45) is 0. The van der Waals surface area contributed by atoms with Gasteiger partial charge in [0.1, 0.15) is 5.75 Å². The Balaban J connectivity index is 1.61. The molecule has 28 heavy (non-hydrogen) atoms. The fraction of sp³-hybridized carbons (Fsp3) is 0.130. The number of ether oxygens (including phenoxy) is 1. The van der Waals surface area contributed by atoms with E-state index in [0.717, 1.165) is 11.1 Å². The molecule has 0 spiro atoms. The van der Waals surface area contributed by atoms with Crippen LogP contribution >= 0.6 is 0 Å². The Kier molecular flexibility index (Phi) is 6.07. The number of amides is 2. The minimum Gasteiger partial charge on any atom is -0.455 e. The third-order valence-electron chi connectivity index (χ3n) is 4.10. The lowest BCUT2D eigenvalue weighted by molar-refractivity contribution is -0.115. The maximum Gasteiger partial charge on any atom is 0.251 e. The monoisotopic (exact) mass is 374 g/mol. The Hall–Kier alpha value is -3.60. The quantitative estimate of drug-likeness (QED) is 0.669. The molecular formula is C23H22N2O3. The lowest BCUT2D eigenvalue weighted by Gasteiger charge is -2.13. The van der Waals surface area contributed by atoms with Gasteiger partial charge in [-0.15, -0.1) is 0 Å². The molecule has 0 aliphatic carbocycles.